The smallest absolute Gasteiger partial charge is 0.408 e. The number of nitrogens with two attached hydrogens (primary N) is 1. The number of benzene rings is 2. The Morgan fingerprint density at radius 3 is 2.53 bits per heavy atom. The zero-order chi connectivity index (χ0) is 23.5. The van der Waals surface area contributed by atoms with Crippen LogP contribution in [0.4, 0.5) is 10.5 Å². The predicted molar refractivity (Wildman–Crippen MR) is 125 cm³/mol. The van der Waals surface area contributed by atoms with Gasteiger partial charge in [-0.1, -0.05) is 23.7 Å². The molecular weight excluding hydrogens is 452 g/mol. The fourth-order valence-corrected chi connectivity index (χ4v) is 4.29. The number of anilines is 1. The summed E-state index contributed by atoms with van der Waals surface area (Å²) in [5.41, 5.74) is 3.13. The molecular formula is C22H25ClN4O4S. The normalized spacial score (nSPS) is 16.1. The van der Waals surface area contributed by atoms with Crippen molar-refractivity contribution in [3.8, 4) is 0 Å². The molecule has 2 aromatic carbocycles. The first-order valence-corrected chi connectivity index (χ1v) is 11.3. The number of hydrazine groups is 1. The average molecular weight is 477 g/mol. The van der Waals surface area contributed by atoms with Crippen molar-refractivity contribution in [1.82, 2.24) is 10.7 Å². The van der Waals surface area contributed by atoms with E-state index in [9.17, 15) is 14.4 Å². The van der Waals surface area contributed by atoms with Crippen molar-refractivity contribution in [2.45, 2.75) is 43.9 Å². The Balaban J connectivity index is 1.96. The second kappa shape index (κ2) is 9.81. The van der Waals surface area contributed by atoms with Gasteiger partial charge in [-0.2, -0.15) is 0 Å². The van der Waals surface area contributed by atoms with Gasteiger partial charge in [-0.3, -0.25) is 15.0 Å². The van der Waals surface area contributed by atoms with Gasteiger partial charge in [0, 0.05) is 21.2 Å². The highest BCUT2D eigenvalue weighted by Gasteiger charge is 2.33. The molecule has 0 saturated carbocycles. The maximum Gasteiger partial charge on any atom is 0.408 e. The largest absolute Gasteiger partial charge is 0.444 e. The van der Waals surface area contributed by atoms with Crippen LogP contribution in [0.25, 0.3) is 0 Å². The van der Waals surface area contributed by atoms with Crippen molar-refractivity contribution >= 4 is 47.0 Å². The summed E-state index contributed by atoms with van der Waals surface area (Å²) in [4.78, 5) is 40.3. The second-order valence-electron chi connectivity index (χ2n) is 8.22. The van der Waals surface area contributed by atoms with E-state index in [1.54, 1.807) is 56.0 Å². The molecule has 2 aromatic rings. The Morgan fingerprint density at radius 1 is 1.22 bits per heavy atom. The zero-order valence-corrected chi connectivity index (χ0v) is 19.5. The van der Waals surface area contributed by atoms with Gasteiger partial charge in [-0.15, -0.1) is 11.8 Å². The minimum Gasteiger partial charge on any atom is -0.444 e. The van der Waals surface area contributed by atoms with Gasteiger partial charge in [0.15, 0.2) is 0 Å². The molecule has 0 fully saturated rings. The Morgan fingerprint density at radius 2 is 1.91 bits per heavy atom. The first-order valence-electron chi connectivity index (χ1n) is 9.90. The number of carbonyl (C=O) groups excluding carboxylic acids is 3. The maximum atomic E-state index is 13.5. The number of nitrogens with zero attached hydrogens (tertiary/aromatic N) is 1. The summed E-state index contributed by atoms with van der Waals surface area (Å²) in [5, 5.41) is 3.26. The summed E-state index contributed by atoms with van der Waals surface area (Å²) in [5.74, 6) is 4.80. The number of ether oxygens (including phenoxy) is 1. The van der Waals surface area contributed by atoms with Crippen molar-refractivity contribution in [2.75, 3.05) is 10.7 Å². The Labute approximate surface area is 195 Å². The molecule has 170 valence electrons. The van der Waals surface area contributed by atoms with Crippen LogP contribution in [0, 0.1) is 0 Å². The van der Waals surface area contributed by atoms with E-state index in [0.29, 0.717) is 22.0 Å². The van der Waals surface area contributed by atoms with Gasteiger partial charge in [0.25, 0.3) is 11.8 Å². The molecule has 1 heterocycles. The van der Waals surface area contributed by atoms with E-state index in [2.05, 4.69) is 10.7 Å². The quantitative estimate of drug-likeness (QED) is 0.353. The maximum absolute atomic E-state index is 13.5. The van der Waals surface area contributed by atoms with E-state index in [4.69, 9.17) is 22.2 Å². The van der Waals surface area contributed by atoms with Crippen LogP contribution in [0.1, 0.15) is 36.7 Å². The van der Waals surface area contributed by atoms with E-state index in [-0.39, 0.29) is 12.5 Å². The summed E-state index contributed by atoms with van der Waals surface area (Å²) >= 11 is 7.40. The number of carbonyl (C=O) groups is 3. The molecule has 8 nitrogen and oxygen atoms in total. The van der Waals surface area contributed by atoms with Gasteiger partial charge in [0.05, 0.1) is 12.2 Å². The lowest BCUT2D eigenvalue weighted by atomic mass is 10.1. The molecule has 3 amide bonds. The van der Waals surface area contributed by atoms with Gasteiger partial charge in [0.1, 0.15) is 11.6 Å². The Bertz CT molecular complexity index is 1020. The number of thioether (sulfide) groups is 1. The van der Waals surface area contributed by atoms with Crippen molar-refractivity contribution in [1.29, 1.82) is 0 Å². The molecule has 0 unspecified atom stereocenters. The van der Waals surface area contributed by atoms with Crippen LogP contribution in [0.2, 0.25) is 5.02 Å². The number of halogens is 1. The highest BCUT2D eigenvalue weighted by atomic mass is 35.5. The minimum absolute atomic E-state index is 0.226. The van der Waals surface area contributed by atoms with E-state index in [1.807, 2.05) is 12.1 Å². The zero-order valence-electron chi connectivity index (χ0n) is 18.0. The summed E-state index contributed by atoms with van der Waals surface area (Å²) in [6, 6.07) is 11.3. The van der Waals surface area contributed by atoms with E-state index >= 15 is 0 Å². The third-order valence-electron chi connectivity index (χ3n) is 4.56. The van der Waals surface area contributed by atoms with Gasteiger partial charge >= 0.3 is 6.09 Å². The minimum atomic E-state index is -0.818. The number of alkyl carbamates (subject to hydrolysis) is 1. The monoisotopic (exact) mass is 476 g/mol. The third-order valence-corrected chi connectivity index (χ3v) is 5.97. The molecule has 0 bridgehead atoms. The lowest BCUT2D eigenvalue weighted by Crippen LogP contribution is -2.50. The lowest BCUT2D eigenvalue weighted by Gasteiger charge is -2.27. The molecule has 0 radical (unpaired) electrons. The molecule has 3 rings (SSSR count). The summed E-state index contributed by atoms with van der Waals surface area (Å²) in [6.07, 6.45) is -0.669. The van der Waals surface area contributed by atoms with Crippen molar-refractivity contribution in [3.05, 3.63) is 58.6 Å². The molecule has 32 heavy (non-hydrogen) atoms. The molecule has 0 aliphatic carbocycles. The number of hydrogen-bond donors (Lipinski definition) is 3. The molecule has 1 aliphatic rings. The molecule has 0 aromatic heterocycles. The Hall–Kier alpha value is -2.75. The lowest BCUT2D eigenvalue weighted by molar-refractivity contribution is -0.120. The Kier molecular flexibility index (Phi) is 7.33. The first-order chi connectivity index (χ1) is 15.1. The molecule has 0 spiro atoms. The molecule has 10 heteroatoms. The fourth-order valence-electron chi connectivity index (χ4n) is 3.11. The van der Waals surface area contributed by atoms with Crippen LogP contribution < -0.4 is 21.5 Å². The van der Waals surface area contributed by atoms with Crippen LogP contribution >= 0.6 is 23.4 Å². The van der Waals surface area contributed by atoms with Crippen molar-refractivity contribution < 1.29 is 19.1 Å². The number of fused-ring (bicyclic) bond motifs is 1. The predicted octanol–water partition coefficient (Wildman–Crippen LogP) is 3.48. The molecule has 0 saturated heterocycles. The van der Waals surface area contributed by atoms with Crippen LogP contribution in [0.3, 0.4) is 0 Å². The summed E-state index contributed by atoms with van der Waals surface area (Å²) < 4.78 is 5.33. The molecule has 1 atom stereocenters. The van der Waals surface area contributed by atoms with E-state index < -0.39 is 23.6 Å². The van der Waals surface area contributed by atoms with E-state index in [1.165, 1.54) is 11.8 Å². The number of hydrogen-bond acceptors (Lipinski definition) is 6. The van der Waals surface area contributed by atoms with Crippen LogP contribution in [-0.4, -0.2) is 35.3 Å². The summed E-state index contributed by atoms with van der Waals surface area (Å²) in [7, 11) is 0. The molecule has 1 aliphatic heterocycles. The standard InChI is InChI=1S/C22H25ClN4O4S/c1-22(2,3)31-21(30)25-16-12-32-18-9-6-14(19(28)26-24)10-17(18)27(20(16)29)11-13-4-7-15(23)8-5-13/h4-10,16H,11-12,24H2,1-3H3,(H,25,30)(H,26,28)/t16-/m0/s1. The SMILES string of the molecule is CC(C)(C)OC(=O)N[C@H]1CSc2ccc(C(=O)NN)cc2N(Cc2ccc(Cl)cc2)C1=O. The highest BCUT2D eigenvalue weighted by molar-refractivity contribution is 7.99. The number of amides is 3. The number of nitrogen functional groups attached to an aromatic ring is 1. The van der Waals surface area contributed by atoms with Gasteiger partial charge in [-0.25, -0.2) is 10.6 Å². The van der Waals surface area contributed by atoms with Crippen LogP contribution in [-0.2, 0) is 16.1 Å². The fraction of sp³-hybridized carbons (Fsp3) is 0.318. The highest BCUT2D eigenvalue weighted by Crippen LogP contribution is 2.36. The summed E-state index contributed by atoms with van der Waals surface area (Å²) in [6.45, 7) is 5.48. The van der Waals surface area contributed by atoms with Crippen LogP contribution in [0.15, 0.2) is 47.4 Å². The third kappa shape index (κ3) is 5.93. The average Bonchev–Trinajstić information content (AvgIpc) is 2.85. The second-order valence-corrected chi connectivity index (χ2v) is 9.71. The van der Waals surface area contributed by atoms with Crippen molar-refractivity contribution in [3.63, 3.8) is 0 Å². The number of rotatable bonds is 4. The number of nitrogens with one attached hydrogen (secondary N) is 2. The van der Waals surface area contributed by atoms with Crippen molar-refractivity contribution in [2.24, 2.45) is 5.84 Å². The van der Waals surface area contributed by atoms with E-state index in [0.717, 1.165) is 10.5 Å². The topological polar surface area (TPSA) is 114 Å². The van der Waals surface area contributed by atoms with Crippen LogP contribution in [0.5, 0.6) is 0 Å². The molecule has 4 N–H and O–H groups in total. The first kappa shape index (κ1) is 23.9. The van der Waals surface area contributed by atoms with Gasteiger partial charge in [0.2, 0.25) is 0 Å². The van der Waals surface area contributed by atoms with Gasteiger partial charge < -0.3 is 15.0 Å². The van der Waals surface area contributed by atoms with Gasteiger partial charge in [-0.05, 0) is 56.7 Å².